The molecule has 0 radical (unpaired) electrons. The molecule has 3 aromatic rings. The third-order valence-corrected chi connectivity index (χ3v) is 6.42. The van der Waals surface area contributed by atoms with Gasteiger partial charge in [-0.15, -0.1) is 11.8 Å². The Kier molecular flexibility index (Phi) is 7.96. The quantitative estimate of drug-likeness (QED) is 0.167. The summed E-state index contributed by atoms with van der Waals surface area (Å²) in [6, 6.07) is 8.71. The number of thioether (sulfide) groups is 1. The van der Waals surface area contributed by atoms with Gasteiger partial charge in [-0.25, -0.2) is 9.37 Å². The van der Waals surface area contributed by atoms with E-state index in [-0.39, 0.29) is 35.1 Å². The second kappa shape index (κ2) is 11.3. The minimum Gasteiger partial charge on any atom is -0.504 e. The summed E-state index contributed by atoms with van der Waals surface area (Å²) in [6.07, 6.45) is 0.689. The monoisotopic (exact) mass is 543 g/mol. The third-order valence-electron chi connectivity index (χ3n) is 5.42. The van der Waals surface area contributed by atoms with E-state index < -0.39 is 29.2 Å². The van der Waals surface area contributed by atoms with Gasteiger partial charge in [0.15, 0.2) is 17.3 Å². The normalized spacial score (nSPS) is 12.8. The Morgan fingerprint density at radius 1 is 1.21 bits per heavy atom. The molecule has 0 saturated carbocycles. The number of hydrogen-bond donors (Lipinski definition) is 4. The molecule has 10 nitrogen and oxygen atoms in total. The summed E-state index contributed by atoms with van der Waals surface area (Å²) in [5.74, 6) is -4.65. The van der Waals surface area contributed by atoms with Gasteiger partial charge in [0.2, 0.25) is 11.6 Å². The second-order valence-corrected chi connectivity index (χ2v) is 9.30. The summed E-state index contributed by atoms with van der Waals surface area (Å²) >= 11 is 1.32. The molecule has 5 N–H and O–H groups in total. The van der Waals surface area contributed by atoms with Crippen molar-refractivity contribution in [3.05, 3.63) is 65.4 Å². The fraction of sp³-hybridized carbons (Fsp3) is 0.200. The van der Waals surface area contributed by atoms with Crippen molar-refractivity contribution in [2.45, 2.75) is 11.3 Å². The molecular formula is C25H23F2N5O5S. The van der Waals surface area contributed by atoms with Crippen molar-refractivity contribution in [1.82, 2.24) is 9.88 Å². The molecule has 0 fully saturated rings. The molecule has 0 aliphatic carbocycles. The van der Waals surface area contributed by atoms with Crippen LogP contribution in [0, 0.1) is 17.0 Å². The lowest BCUT2D eigenvalue weighted by molar-refractivity contribution is -0.136. The maximum atomic E-state index is 15.4. The number of nitrogens with zero attached hydrogens (tertiary/aromatic N) is 3. The van der Waals surface area contributed by atoms with Crippen molar-refractivity contribution in [3.63, 3.8) is 0 Å². The number of benzene rings is 2. The van der Waals surface area contributed by atoms with Crippen LogP contribution in [0.3, 0.4) is 0 Å². The lowest BCUT2D eigenvalue weighted by atomic mass is 10.1. The molecule has 38 heavy (non-hydrogen) atoms. The number of aromatic hydroxyl groups is 1. The summed E-state index contributed by atoms with van der Waals surface area (Å²) < 4.78 is 41.2. The number of aromatic nitrogens is 1. The molecule has 2 aromatic carbocycles. The second-order valence-electron chi connectivity index (χ2n) is 8.13. The Labute approximate surface area is 220 Å². The molecule has 1 aromatic heterocycles. The lowest BCUT2D eigenvalue weighted by Crippen LogP contribution is -2.24. The standard InChI is InChI=1S/C25H23F2N5O5S/c1-32-8-7-30-24(32)15-11-14(38-9-6-20(34)35)3-5-18(15)36-22-16(26)12-31-25(21(22)27)37-19-10-13(23(28)29)2-4-17(19)33/h2-5,10-12,33H,6-9H2,1H3,(H3,28,29)(H,34,35). The zero-order valence-corrected chi connectivity index (χ0v) is 20.9. The van der Waals surface area contributed by atoms with E-state index in [2.05, 4.69) is 9.98 Å². The number of phenols is 1. The number of amidine groups is 2. The number of nitrogen functional groups attached to an aromatic ring is 1. The Hall–Kier alpha value is -4.39. The Morgan fingerprint density at radius 3 is 2.68 bits per heavy atom. The molecule has 13 heteroatoms. The van der Waals surface area contributed by atoms with Gasteiger partial charge in [-0.05, 0) is 36.4 Å². The van der Waals surface area contributed by atoms with E-state index in [4.69, 9.17) is 25.7 Å². The van der Waals surface area contributed by atoms with Crippen LogP contribution in [-0.2, 0) is 4.79 Å². The van der Waals surface area contributed by atoms with Crippen LogP contribution >= 0.6 is 11.8 Å². The first-order chi connectivity index (χ1) is 18.1. The number of carbonyl (C=O) groups is 1. The average molecular weight is 544 g/mol. The zero-order valence-electron chi connectivity index (χ0n) is 20.1. The van der Waals surface area contributed by atoms with Gasteiger partial charge in [0, 0.05) is 29.8 Å². The van der Waals surface area contributed by atoms with Crippen LogP contribution < -0.4 is 15.2 Å². The van der Waals surface area contributed by atoms with Crippen molar-refractivity contribution in [2.75, 3.05) is 25.9 Å². The summed E-state index contributed by atoms with van der Waals surface area (Å²) in [5.41, 5.74) is 6.14. The number of phenolic OH excluding ortho intramolecular Hbond substituents is 1. The smallest absolute Gasteiger partial charge is 0.304 e. The molecule has 4 rings (SSSR count). The summed E-state index contributed by atoms with van der Waals surface area (Å²) in [4.78, 5) is 21.6. The fourth-order valence-corrected chi connectivity index (χ4v) is 4.39. The SMILES string of the molecule is CN1CCN=C1c1cc(SCCC(=O)O)ccc1Oc1c(F)cnc(Oc2cc(C(=N)N)ccc2O)c1F. The first-order valence-corrected chi connectivity index (χ1v) is 12.2. The maximum absolute atomic E-state index is 15.4. The van der Waals surface area contributed by atoms with Crippen LogP contribution in [0.1, 0.15) is 17.5 Å². The minimum atomic E-state index is -1.26. The van der Waals surface area contributed by atoms with Crippen molar-refractivity contribution >= 4 is 29.4 Å². The van der Waals surface area contributed by atoms with E-state index >= 15 is 4.39 Å². The molecule has 0 atom stereocenters. The van der Waals surface area contributed by atoms with Gasteiger partial charge in [0.25, 0.3) is 5.88 Å². The molecule has 0 amide bonds. The van der Waals surface area contributed by atoms with Crippen LogP contribution in [0.5, 0.6) is 28.9 Å². The maximum Gasteiger partial charge on any atom is 0.304 e. The van der Waals surface area contributed by atoms with Crippen LogP contribution in [0.15, 0.2) is 52.5 Å². The summed E-state index contributed by atoms with van der Waals surface area (Å²) in [7, 11) is 1.82. The Morgan fingerprint density at radius 2 is 2.00 bits per heavy atom. The van der Waals surface area contributed by atoms with Crippen molar-refractivity contribution in [2.24, 2.45) is 10.7 Å². The van der Waals surface area contributed by atoms with Gasteiger partial charge in [-0.3, -0.25) is 15.2 Å². The summed E-state index contributed by atoms with van der Waals surface area (Å²) in [5, 5.41) is 26.5. The highest BCUT2D eigenvalue weighted by Gasteiger charge is 2.25. The van der Waals surface area contributed by atoms with Gasteiger partial charge in [-0.2, -0.15) is 4.39 Å². The molecule has 0 bridgehead atoms. The van der Waals surface area contributed by atoms with Crippen LogP contribution in [-0.4, -0.2) is 63.6 Å². The number of halogens is 2. The largest absolute Gasteiger partial charge is 0.504 e. The molecule has 0 spiro atoms. The van der Waals surface area contributed by atoms with Crippen LogP contribution in [0.4, 0.5) is 8.78 Å². The Balaban J connectivity index is 1.68. The predicted molar refractivity (Wildman–Crippen MR) is 137 cm³/mol. The zero-order chi connectivity index (χ0) is 27.4. The molecule has 1 aliphatic heterocycles. The minimum absolute atomic E-state index is 0.0276. The first-order valence-electron chi connectivity index (χ1n) is 11.3. The number of aliphatic imine (C=N–C) groups is 1. The van der Waals surface area contributed by atoms with E-state index in [1.807, 2.05) is 11.9 Å². The number of nitrogens with two attached hydrogens (primary N) is 1. The highest BCUT2D eigenvalue weighted by molar-refractivity contribution is 7.99. The average Bonchev–Trinajstić information content (AvgIpc) is 3.30. The number of ether oxygens (including phenoxy) is 2. The number of carboxylic acids is 1. The highest BCUT2D eigenvalue weighted by atomic mass is 32.2. The number of carboxylic acid groups (broad SMARTS) is 1. The predicted octanol–water partition coefficient (Wildman–Crippen LogP) is 4.19. The van der Waals surface area contributed by atoms with Gasteiger partial charge in [0.1, 0.15) is 17.4 Å². The van der Waals surface area contributed by atoms with Crippen LogP contribution in [0.2, 0.25) is 0 Å². The van der Waals surface area contributed by atoms with Gasteiger partial charge in [-0.1, -0.05) is 0 Å². The Bertz CT molecular complexity index is 1440. The van der Waals surface area contributed by atoms with Gasteiger partial charge < -0.3 is 30.3 Å². The van der Waals surface area contributed by atoms with E-state index in [1.165, 1.54) is 36.0 Å². The molecule has 0 unspecified atom stereocenters. The summed E-state index contributed by atoms with van der Waals surface area (Å²) in [6.45, 7) is 1.17. The lowest BCUT2D eigenvalue weighted by Gasteiger charge is -2.19. The number of nitrogens with one attached hydrogen (secondary N) is 1. The molecular weight excluding hydrogens is 520 g/mol. The van der Waals surface area contributed by atoms with E-state index in [1.54, 1.807) is 12.1 Å². The molecule has 198 valence electrons. The number of rotatable bonds is 10. The molecule has 1 aliphatic rings. The van der Waals surface area contributed by atoms with E-state index in [0.717, 1.165) is 4.90 Å². The van der Waals surface area contributed by atoms with Crippen molar-refractivity contribution in [3.8, 4) is 28.9 Å². The van der Waals surface area contributed by atoms with Crippen LogP contribution in [0.25, 0.3) is 0 Å². The van der Waals surface area contributed by atoms with Gasteiger partial charge >= 0.3 is 5.97 Å². The number of likely N-dealkylation sites (N-methyl/N-ethyl adjacent to an activating group) is 1. The molecule has 2 heterocycles. The fourth-order valence-electron chi connectivity index (χ4n) is 3.52. The van der Waals surface area contributed by atoms with Crippen molar-refractivity contribution < 1.29 is 33.3 Å². The number of aliphatic carboxylic acids is 1. The number of pyridine rings is 1. The van der Waals surface area contributed by atoms with Crippen molar-refractivity contribution in [1.29, 1.82) is 5.41 Å². The molecule has 0 saturated heterocycles. The first kappa shape index (κ1) is 26.7. The topological polar surface area (TPSA) is 154 Å². The highest BCUT2D eigenvalue weighted by Crippen LogP contribution is 2.38. The van der Waals surface area contributed by atoms with E-state index in [0.29, 0.717) is 36.4 Å². The van der Waals surface area contributed by atoms with E-state index in [9.17, 15) is 14.3 Å². The van der Waals surface area contributed by atoms with Gasteiger partial charge in [0.05, 0.1) is 24.7 Å². The third kappa shape index (κ3) is 5.94. The number of hydrogen-bond acceptors (Lipinski definition) is 9.